The van der Waals surface area contributed by atoms with Gasteiger partial charge in [-0.05, 0) is 18.5 Å². The summed E-state index contributed by atoms with van der Waals surface area (Å²) < 4.78 is 5.21. The lowest BCUT2D eigenvalue weighted by Crippen LogP contribution is -2.24. The largest absolute Gasteiger partial charge is 0.394 e. The van der Waals surface area contributed by atoms with Crippen molar-refractivity contribution >= 4 is 9.04 Å². The van der Waals surface area contributed by atoms with E-state index in [1.54, 1.807) is 0 Å². The quantitative estimate of drug-likeness (QED) is 0.477. The van der Waals surface area contributed by atoms with Gasteiger partial charge in [-0.1, -0.05) is 20.8 Å². The molecule has 0 aromatic heterocycles. The normalized spacial score (nSPS) is 15.5. The van der Waals surface area contributed by atoms with Crippen LogP contribution in [-0.4, -0.2) is 15.3 Å². The Morgan fingerprint density at radius 3 is 2.09 bits per heavy atom. The van der Waals surface area contributed by atoms with Gasteiger partial charge in [0, 0.05) is 6.42 Å². The van der Waals surface area contributed by atoms with Crippen LogP contribution in [-0.2, 0) is 9.53 Å². The Kier molecular flexibility index (Phi) is 4.29. The van der Waals surface area contributed by atoms with Crippen LogP contribution in [0, 0.1) is 5.41 Å². The molecule has 0 aromatic rings. The minimum atomic E-state index is -1.13. The second kappa shape index (κ2) is 4.23. The topological polar surface area (TPSA) is 29.1 Å². The second-order valence-electron chi connectivity index (χ2n) is 4.38. The van der Waals surface area contributed by atoms with Crippen LogP contribution >= 0.6 is 0 Å². The van der Waals surface area contributed by atoms with Gasteiger partial charge < -0.3 is 4.43 Å². The Labute approximate surface area is 71.3 Å². The molecule has 0 saturated heterocycles. The minimum Gasteiger partial charge on any atom is -0.394 e. The first kappa shape index (κ1) is 11.1. The third-order valence-electron chi connectivity index (χ3n) is 1.20. The van der Waals surface area contributed by atoms with Crippen molar-refractivity contribution in [3.63, 3.8) is 0 Å². The maximum absolute atomic E-state index is 11.2. The van der Waals surface area contributed by atoms with Crippen LogP contribution in [0.4, 0.5) is 0 Å². The van der Waals surface area contributed by atoms with E-state index >= 15 is 0 Å². The fourth-order valence-electron chi connectivity index (χ4n) is 0.852. The number of hydrogen-bond donors (Lipinski definition) is 0. The molecule has 0 saturated carbocycles. The summed E-state index contributed by atoms with van der Waals surface area (Å²) in [5, 5.41) is 11.2. The van der Waals surface area contributed by atoms with E-state index in [0.29, 0.717) is 6.42 Å². The fourth-order valence-corrected chi connectivity index (χ4v) is 1.56. The monoisotopic (exact) mass is 175 g/mol. The summed E-state index contributed by atoms with van der Waals surface area (Å²) in [6, 6.07) is 0. The first-order valence-corrected chi connectivity index (χ1v) is 6.90. The third-order valence-corrected chi connectivity index (χ3v) is 2.05. The van der Waals surface area contributed by atoms with Gasteiger partial charge in [-0.15, -0.1) is 0 Å². The van der Waals surface area contributed by atoms with E-state index in [9.17, 15) is 5.11 Å². The van der Waals surface area contributed by atoms with E-state index in [2.05, 4.69) is 20.8 Å². The number of rotatable bonds is 3. The molecule has 0 amide bonds. The summed E-state index contributed by atoms with van der Waals surface area (Å²) in [5.74, 6) is 0. The highest BCUT2D eigenvalue weighted by Gasteiger charge is 2.18. The van der Waals surface area contributed by atoms with Crippen LogP contribution in [0.1, 0.15) is 27.2 Å². The Morgan fingerprint density at radius 2 is 1.82 bits per heavy atom. The first-order chi connectivity index (χ1) is 4.81. The van der Waals surface area contributed by atoms with Crippen molar-refractivity contribution in [1.29, 1.82) is 0 Å². The Bertz CT molecular complexity index is 107. The van der Waals surface area contributed by atoms with E-state index in [0.717, 1.165) is 0 Å². The van der Waals surface area contributed by atoms with Gasteiger partial charge in [-0.3, -0.25) is 0 Å². The van der Waals surface area contributed by atoms with Gasteiger partial charge in [0.2, 0.25) is 0 Å². The summed E-state index contributed by atoms with van der Waals surface area (Å²) >= 11 is 0. The highest BCUT2D eigenvalue weighted by atomic mass is 28.3. The van der Waals surface area contributed by atoms with Gasteiger partial charge in [-0.25, -0.2) is 5.11 Å². The van der Waals surface area contributed by atoms with Crippen molar-refractivity contribution in [3.05, 3.63) is 0 Å². The van der Waals surface area contributed by atoms with Crippen molar-refractivity contribution < 1.29 is 9.53 Å². The molecule has 0 fully saturated rings. The van der Waals surface area contributed by atoms with E-state index in [-0.39, 0.29) is 5.41 Å². The molecule has 0 aliphatic carbocycles. The van der Waals surface area contributed by atoms with Crippen molar-refractivity contribution in [3.8, 4) is 0 Å². The zero-order valence-electron chi connectivity index (χ0n) is 8.18. The van der Waals surface area contributed by atoms with Crippen molar-refractivity contribution in [1.82, 2.24) is 0 Å². The highest BCUT2D eigenvalue weighted by Crippen LogP contribution is 2.21. The van der Waals surface area contributed by atoms with E-state index in [1.165, 1.54) is 0 Å². The molecule has 0 rings (SSSR count). The maximum atomic E-state index is 11.2. The summed E-state index contributed by atoms with van der Waals surface area (Å²) in [6.45, 7) is 10.2. The summed E-state index contributed by atoms with van der Waals surface area (Å²) in [5.41, 5.74) is 0.0930. The molecule has 1 unspecified atom stereocenters. The molecule has 0 N–H and O–H groups in total. The molecule has 0 aromatic carbocycles. The van der Waals surface area contributed by atoms with Crippen molar-refractivity contribution in [2.24, 2.45) is 5.41 Å². The van der Waals surface area contributed by atoms with Gasteiger partial charge >= 0.3 is 0 Å². The molecule has 0 heterocycles. The molecule has 67 valence electrons. The number of hydrogen-bond acceptors (Lipinski definition) is 1. The lowest BCUT2D eigenvalue weighted by molar-refractivity contribution is -0.0944. The van der Waals surface area contributed by atoms with Crippen molar-refractivity contribution in [2.75, 3.05) is 0 Å². The van der Waals surface area contributed by atoms with Crippen LogP contribution in [0.15, 0.2) is 0 Å². The van der Waals surface area contributed by atoms with E-state index in [1.807, 2.05) is 13.1 Å². The Morgan fingerprint density at radius 1 is 1.36 bits per heavy atom. The van der Waals surface area contributed by atoms with Gasteiger partial charge in [0.25, 0.3) is 0 Å². The minimum absolute atomic E-state index is 0.0930. The van der Waals surface area contributed by atoms with Gasteiger partial charge in [0.1, 0.15) is 0 Å². The predicted molar refractivity (Wildman–Crippen MR) is 48.5 cm³/mol. The van der Waals surface area contributed by atoms with E-state index in [4.69, 9.17) is 4.43 Å². The van der Waals surface area contributed by atoms with Crippen LogP contribution in [0.2, 0.25) is 13.1 Å². The zero-order valence-corrected chi connectivity index (χ0v) is 9.33. The van der Waals surface area contributed by atoms with E-state index < -0.39 is 15.3 Å². The second-order valence-corrected chi connectivity index (χ2v) is 6.75. The van der Waals surface area contributed by atoms with Gasteiger partial charge in [0.05, 0.1) is 0 Å². The molecule has 3 heteroatoms. The fraction of sp³-hybridized carbons (Fsp3) is 1.00. The van der Waals surface area contributed by atoms with Crippen LogP contribution in [0.5, 0.6) is 0 Å². The lowest BCUT2D eigenvalue weighted by Gasteiger charge is -2.22. The molecule has 2 nitrogen and oxygen atoms in total. The third kappa shape index (κ3) is 8.04. The average Bonchev–Trinajstić information content (AvgIpc) is 1.53. The Hall–Kier alpha value is 0.137. The van der Waals surface area contributed by atoms with Gasteiger partial charge in [0.15, 0.2) is 15.3 Å². The molecular weight excluding hydrogens is 156 g/mol. The molecule has 0 aliphatic heterocycles. The van der Waals surface area contributed by atoms with Crippen molar-refractivity contribution in [2.45, 2.75) is 46.6 Å². The van der Waals surface area contributed by atoms with Crippen LogP contribution < -0.4 is 0 Å². The summed E-state index contributed by atoms with van der Waals surface area (Å²) in [7, 11) is -1.13. The highest BCUT2D eigenvalue weighted by molar-refractivity contribution is 6.48. The summed E-state index contributed by atoms with van der Waals surface area (Å²) in [4.78, 5) is 0. The van der Waals surface area contributed by atoms with Crippen LogP contribution in [0.25, 0.3) is 0 Å². The standard InChI is InChI=1S/C8H19O2Si/c1-8(2,3)6-7(9)10-11(4)5/h7,11H,6H2,1-5H3. The molecule has 0 bridgehead atoms. The predicted octanol–water partition coefficient (Wildman–Crippen LogP) is 2.18. The molecular formula is C8H19O2Si. The SMILES string of the molecule is C[SiH](C)OC([O])CC(C)(C)C. The summed E-state index contributed by atoms with van der Waals surface area (Å²) in [6.07, 6.45) is -0.195. The van der Waals surface area contributed by atoms with Crippen LogP contribution in [0.3, 0.4) is 0 Å². The average molecular weight is 175 g/mol. The lowest BCUT2D eigenvalue weighted by atomic mass is 9.92. The molecule has 1 radical (unpaired) electrons. The Balaban J connectivity index is 3.61. The zero-order chi connectivity index (χ0) is 9.07. The first-order valence-electron chi connectivity index (χ1n) is 4.12. The maximum Gasteiger partial charge on any atom is 0.182 e. The molecule has 0 spiro atoms. The van der Waals surface area contributed by atoms with Gasteiger partial charge in [-0.2, -0.15) is 0 Å². The molecule has 11 heavy (non-hydrogen) atoms. The molecule has 1 atom stereocenters. The smallest absolute Gasteiger partial charge is 0.182 e. The molecule has 0 aliphatic rings.